The van der Waals surface area contributed by atoms with Gasteiger partial charge in [0.25, 0.3) is 0 Å². The number of benzene rings is 3. The van der Waals surface area contributed by atoms with Crippen molar-refractivity contribution in [1.82, 2.24) is 14.4 Å². The molecule has 3 aromatic carbocycles. The number of nitrogens with zero attached hydrogens (tertiary/aromatic N) is 4. The zero-order chi connectivity index (χ0) is 23.8. The van der Waals surface area contributed by atoms with Crippen LogP contribution in [-0.4, -0.2) is 43.8 Å². The summed E-state index contributed by atoms with van der Waals surface area (Å²) in [5, 5.41) is 30.3. The predicted octanol–water partition coefficient (Wildman–Crippen LogP) is 4.84. The van der Waals surface area contributed by atoms with E-state index in [0.29, 0.717) is 29.1 Å². The van der Waals surface area contributed by atoms with Gasteiger partial charge in [-0.3, -0.25) is 4.40 Å². The summed E-state index contributed by atoms with van der Waals surface area (Å²) in [4.78, 5) is 11.7. The van der Waals surface area contributed by atoms with Gasteiger partial charge in [-0.25, -0.2) is 9.97 Å². The normalized spacial score (nSPS) is 11.1. The third kappa shape index (κ3) is 3.99. The van der Waals surface area contributed by atoms with E-state index in [1.54, 1.807) is 59.1 Å². The maximum Gasteiger partial charge on any atom is 0.219 e. The molecular formula is C27H24N4O3. The van der Waals surface area contributed by atoms with Crippen LogP contribution in [0.3, 0.4) is 0 Å². The molecule has 7 nitrogen and oxygen atoms in total. The van der Waals surface area contributed by atoms with E-state index in [1.165, 1.54) is 0 Å². The molecule has 5 rings (SSSR count). The summed E-state index contributed by atoms with van der Waals surface area (Å²) in [7, 11) is 3.97. The predicted molar refractivity (Wildman–Crippen MR) is 132 cm³/mol. The number of rotatable bonds is 5. The molecule has 0 saturated heterocycles. The van der Waals surface area contributed by atoms with Crippen molar-refractivity contribution >= 4 is 11.3 Å². The van der Waals surface area contributed by atoms with E-state index in [1.807, 2.05) is 43.3 Å². The lowest BCUT2D eigenvalue weighted by molar-refractivity contribution is 0.442. The van der Waals surface area contributed by atoms with E-state index >= 15 is 0 Å². The Balaban J connectivity index is 1.68. The average molecular weight is 453 g/mol. The summed E-state index contributed by atoms with van der Waals surface area (Å²) < 4.78 is 1.65. The van der Waals surface area contributed by atoms with E-state index in [9.17, 15) is 15.3 Å². The smallest absolute Gasteiger partial charge is 0.219 e. The van der Waals surface area contributed by atoms with Crippen LogP contribution >= 0.6 is 0 Å². The first kappa shape index (κ1) is 21.3. The lowest BCUT2D eigenvalue weighted by Crippen LogP contribution is -2.08. The molecule has 34 heavy (non-hydrogen) atoms. The fraction of sp³-hybridized carbons (Fsp3) is 0.111. The summed E-state index contributed by atoms with van der Waals surface area (Å²) in [6, 6.07) is 21.6. The van der Waals surface area contributed by atoms with Crippen LogP contribution in [0.4, 0.5) is 5.69 Å². The number of aromatic nitrogens is 3. The van der Waals surface area contributed by atoms with Crippen LogP contribution in [0, 0.1) is 0 Å². The van der Waals surface area contributed by atoms with Crippen LogP contribution in [0.5, 0.6) is 17.4 Å². The monoisotopic (exact) mass is 452 g/mol. The second kappa shape index (κ2) is 8.44. The van der Waals surface area contributed by atoms with Crippen LogP contribution < -0.4 is 4.90 Å². The van der Waals surface area contributed by atoms with Gasteiger partial charge in [0.2, 0.25) is 5.88 Å². The highest BCUT2D eigenvalue weighted by atomic mass is 16.3. The number of phenolic OH excluding ortho intramolecular Hbond substituents is 2. The van der Waals surface area contributed by atoms with Gasteiger partial charge in [-0.1, -0.05) is 24.3 Å². The Morgan fingerprint density at radius 1 is 0.735 bits per heavy atom. The van der Waals surface area contributed by atoms with Gasteiger partial charge in [0.15, 0.2) is 5.65 Å². The summed E-state index contributed by atoms with van der Waals surface area (Å²) in [6.45, 7) is 0. The number of imidazole rings is 1. The van der Waals surface area contributed by atoms with Crippen LogP contribution in [0.15, 0.2) is 79.0 Å². The Bertz CT molecular complexity index is 1460. The van der Waals surface area contributed by atoms with Crippen molar-refractivity contribution in [3.63, 3.8) is 0 Å². The van der Waals surface area contributed by atoms with E-state index < -0.39 is 0 Å². The molecule has 0 saturated carbocycles. The van der Waals surface area contributed by atoms with Gasteiger partial charge in [0, 0.05) is 43.5 Å². The fourth-order valence-corrected chi connectivity index (χ4v) is 3.89. The second-order valence-electron chi connectivity index (χ2n) is 8.38. The molecule has 5 aromatic rings. The number of anilines is 1. The molecule has 0 aliphatic rings. The maximum absolute atomic E-state index is 11.1. The summed E-state index contributed by atoms with van der Waals surface area (Å²) in [5.41, 5.74) is 6.00. The lowest BCUT2D eigenvalue weighted by Gasteiger charge is -2.13. The number of phenols is 2. The molecular weight excluding hydrogens is 428 g/mol. The zero-order valence-corrected chi connectivity index (χ0v) is 18.8. The Kier molecular flexibility index (Phi) is 5.30. The quantitative estimate of drug-likeness (QED) is 0.353. The molecule has 0 aliphatic carbocycles. The number of fused-ring (bicyclic) bond motifs is 1. The molecule has 0 fully saturated rings. The van der Waals surface area contributed by atoms with Crippen LogP contribution in [0.25, 0.3) is 28.2 Å². The van der Waals surface area contributed by atoms with Gasteiger partial charge in [-0.15, -0.1) is 0 Å². The van der Waals surface area contributed by atoms with Gasteiger partial charge in [0.1, 0.15) is 22.9 Å². The first-order valence-corrected chi connectivity index (χ1v) is 10.8. The number of hydrogen-bond acceptors (Lipinski definition) is 6. The highest BCUT2D eigenvalue weighted by Crippen LogP contribution is 2.33. The van der Waals surface area contributed by atoms with E-state index in [-0.39, 0.29) is 17.4 Å². The molecule has 0 unspecified atom stereocenters. The fourth-order valence-electron chi connectivity index (χ4n) is 3.89. The molecule has 0 bridgehead atoms. The van der Waals surface area contributed by atoms with Crippen molar-refractivity contribution in [3.8, 4) is 39.9 Å². The Hall–Kier alpha value is -4.52. The average Bonchev–Trinajstić information content (AvgIpc) is 3.15. The molecule has 2 aromatic heterocycles. The molecule has 2 heterocycles. The highest BCUT2D eigenvalue weighted by Gasteiger charge is 2.19. The Morgan fingerprint density at radius 3 is 1.94 bits per heavy atom. The van der Waals surface area contributed by atoms with Crippen molar-refractivity contribution in [2.75, 3.05) is 19.0 Å². The standard InChI is InChI=1S/C27H24N4O3/c1-30(2)20-9-5-19(6-10-20)25-26-29-23(15-17-3-11-21(32)12-4-17)27(34)31(26)16-24(28-25)18-7-13-22(33)14-8-18/h3-14,16,32-34H,15H2,1-2H3. The summed E-state index contributed by atoms with van der Waals surface area (Å²) in [6.07, 6.45) is 2.16. The van der Waals surface area contributed by atoms with Crippen LogP contribution in [-0.2, 0) is 6.42 Å². The SMILES string of the molecule is CN(C)c1ccc(-c2nc(-c3ccc(O)cc3)cn3c(O)c(Cc4ccc(O)cc4)nc23)cc1. The van der Waals surface area contributed by atoms with Crippen molar-refractivity contribution < 1.29 is 15.3 Å². The summed E-state index contributed by atoms with van der Waals surface area (Å²) >= 11 is 0. The summed E-state index contributed by atoms with van der Waals surface area (Å²) in [5.74, 6) is 0.400. The number of hydrogen-bond donors (Lipinski definition) is 3. The van der Waals surface area contributed by atoms with Crippen molar-refractivity contribution in [2.45, 2.75) is 6.42 Å². The molecule has 0 amide bonds. The largest absolute Gasteiger partial charge is 0.508 e. The van der Waals surface area contributed by atoms with Gasteiger partial charge < -0.3 is 20.2 Å². The highest BCUT2D eigenvalue weighted by molar-refractivity contribution is 5.78. The van der Waals surface area contributed by atoms with Crippen molar-refractivity contribution in [1.29, 1.82) is 0 Å². The van der Waals surface area contributed by atoms with E-state index in [0.717, 1.165) is 22.4 Å². The Labute approximate surface area is 196 Å². The van der Waals surface area contributed by atoms with Crippen molar-refractivity contribution in [3.05, 3.63) is 90.3 Å². The molecule has 7 heteroatoms. The third-order valence-corrected chi connectivity index (χ3v) is 5.78. The van der Waals surface area contributed by atoms with Gasteiger partial charge in [-0.2, -0.15) is 0 Å². The molecule has 170 valence electrons. The topological polar surface area (TPSA) is 94.1 Å². The Morgan fingerprint density at radius 2 is 1.32 bits per heavy atom. The number of aromatic hydroxyl groups is 3. The lowest BCUT2D eigenvalue weighted by atomic mass is 10.1. The van der Waals surface area contributed by atoms with E-state index in [2.05, 4.69) is 0 Å². The minimum atomic E-state index is 0.0386. The first-order valence-electron chi connectivity index (χ1n) is 10.8. The zero-order valence-electron chi connectivity index (χ0n) is 18.8. The van der Waals surface area contributed by atoms with E-state index in [4.69, 9.17) is 9.97 Å². The first-order chi connectivity index (χ1) is 16.4. The minimum Gasteiger partial charge on any atom is -0.508 e. The molecule has 0 spiro atoms. The molecule has 0 aliphatic heterocycles. The third-order valence-electron chi connectivity index (χ3n) is 5.78. The van der Waals surface area contributed by atoms with Gasteiger partial charge in [-0.05, 0) is 54.1 Å². The second-order valence-corrected chi connectivity index (χ2v) is 8.38. The molecule has 0 atom stereocenters. The molecule has 3 N–H and O–H groups in total. The maximum atomic E-state index is 11.1. The van der Waals surface area contributed by atoms with Gasteiger partial charge >= 0.3 is 0 Å². The van der Waals surface area contributed by atoms with Gasteiger partial charge in [0.05, 0.1) is 5.69 Å². The van der Waals surface area contributed by atoms with Crippen LogP contribution in [0.1, 0.15) is 11.3 Å². The minimum absolute atomic E-state index is 0.0386. The molecule has 0 radical (unpaired) electrons. The van der Waals surface area contributed by atoms with Crippen molar-refractivity contribution in [2.24, 2.45) is 0 Å². The van der Waals surface area contributed by atoms with Crippen LogP contribution in [0.2, 0.25) is 0 Å².